The van der Waals surface area contributed by atoms with Crippen molar-refractivity contribution in [3.8, 4) is 0 Å². The van der Waals surface area contributed by atoms with Crippen molar-refractivity contribution in [2.75, 3.05) is 18.4 Å². The molecule has 0 radical (unpaired) electrons. The lowest BCUT2D eigenvalue weighted by Crippen LogP contribution is -2.42. The van der Waals surface area contributed by atoms with Gasteiger partial charge < -0.3 is 16.0 Å². The standard InChI is InChI=1S/C15H19N3O3/c1-10(19)18-8-4-5-11(9-18)15(21)17-13-7-3-2-6-12(13)14(16)20/h2-3,6-7,11H,4-5,8-9H2,1H3,(H2,16,20)(H,17,21). The third kappa shape index (κ3) is 3.59. The average Bonchev–Trinajstić information content (AvgIpc) is 2.47. The van der Waals surface area contributed by atoms with Gasteiger partial charge in [-0.2, -0.15) is 0 Å². The number of carbonyl (C=O) groups is 3. The van der Waals surface area contributed by atoms with Crippen molar-refractivity contribution in [1.82, 2.24) is 4.90 Å². The highest BCUT2D eigenvalue weighted by Crippen LogP contribution is 2.20. The second-order valence-corrected chi connectivity index (χ2v) is 5.20. The first-order valence-corrected chi connectivity index (χ1v) is 6.94. The maximum absolute atomic E-state index is 12.3. The van der Waals surface area contributed by atoms with E-state index in [0.717, 1.165) is 12.8 Å². The molecular formula is C15H19N3O3. The van der Waals surface area contributed by atoms with Gasteiger partial charge in [-0.1, -0.05) is 12.1 Å². The lowest BCUT2D eigenvalue weighted by atomic mass is 9.97. The summed E-state index contributed by atoms with van der Waals surface area (Å²) >= 11 is 0. The zero-order chi connectivity index (χ0) is 15.4. The number of carbonyl (C=O) groups excluding carboxylic acids is 3. The van der Waals surface area contributed by atoms with E-state index in [2.05, 4.69) is 5.32 Å². The molecule has 6 heteroatoms. The van der Waals surface area contributed by atoms with Crippen LogP contribution in [0.4, 0.5) is 5.69 Å². The second-order valence-electron chi connectivity index (χ2n) is 5.20. The summed E-state index contributed by atoms with van der Waals surface area (Å²) in [7, 11) is 0. The SMILES string of the molecule is CC(=O)N1CCCC(C(=O)Nc2ccccc2C(N)=O)C1. The maximum atomic E-state index is 12.3. The number of benzene rings is 1. The Morgan fingerprint density at radius 1 is 1.29 bits per heavy atom. The van der Waals surface area contributed by atoms with Crippen LogP contribution in [0.5, 0.6) is 0 Å². The zero-order valence-corrected chi connectivity index (χ0v) is 12.0. The Bertz CT molecular complexity index is 571. The van der Waals surface area contributed by atoms with Crippen LogP contribution < -0.4 is 11.1 Å². The molecule has 0 aromatic heterocycles. The monoisotopic (exact) mass is 289 g/mol. The fraction of sp³-hybridized carbons (Fsp3) is 0.400. The molecular weight excluding hydrogens is 270 g/mol. The molecule has 0 saturated carbocycles. The number of anilines is 1. The number of hydrogen-bond acceptors (Lipinski definition) is 3. The van der Waals surface area contributed by atoms with Crippen LogP contribution in [0.3, 0.4) is 0 Å². The molecule has 1 atom stereocenters. The van der Waals surface area contributed by atoms with Crippen molar-refractivity contribution in [3.05, 3.63) is 29.8 Å². The molecule has 0 bridgehead atoms. The number of hydrogen-bond donors (Lipinski definition) is 2. The second kappa shape index (κ2) is 6.39. The summed E-state index contributed by atoms with van der Waals surface area (Å²) in [6.45, 7) is 2.61. The summed E-state index contributed by atoms with van der Waals surface area (Å²) in [5.74, 6) is -1.05. The number of nitrogens with zero attached hydrogens (tertiary/aromatic N) is 1. The minimum atomic E-state index is -0.583. The fourth-order valence-corrected chi connectivity index (χ4v) is 2.52. The van der Waals surface area contributed by atoms with Gasteiger partial charge in [0.1, 0.15) is 0 Å². The van der Waals surface area contributed by atoms with Gasteiger partial charge in [0.2, 0.25) is 11.8 Å². The lowest BCUT2D eigenvalue weighted by molar-refractivity contribution is -0.132. The van der Waals surface area contributed by atoms with Gasteiger partial charge in [-0.05, 0) is 25.0 Å². The number of amides is 3. The Morgan fingerprint density at radius 2 is 2.00 bits per heavy atom. The predicted octanol–water partition coefficient (Wildman–Crippen LogP) is 0.983. The molecule has 1 heterocycles. The zero-order valence-electron chi connectivity index (χ0n) is 12.0. The Hall–Kier alpha value is -2.37. The Balaban J connectivity index is 2.08. The topological polar surface area (TPSA) is 92.5 Å². The quantitative estimate of drug-likeness (QED) is 0.868. The highest BCUT2D eigenvalue weighted by atomic mass is 16.2. The van der Waals surface area contributed by atoms with Gasteiger partial charge in [-0.25, -0.2) is 0 Å². The van der Waals surface area contributed by atoms with Gasteiger partial charge in [0.15, 0.2) is 0 Å². The van der Waals surface area contributed by atoms with Crippen molar-refractivity contribution in [1.29, 1.82) is 0 Å². The van der Waals surface area contributed by atoms with Crippen LogP contribution in [-0.2, 0) is 9.59 Å². The van der Waals surface area contributed by atoms with Gasteiger partial charge >= 0.3 is 0 Å². The van der Waals surface area contributed by atoms with E-state index in [4.69, 9.17) is 5.73 Å². The average molecular weight is 289 g/mol. The third-order valence-corrected chi connectivity index (χ3v) is 3.69. The maximum Gasteiger partial charge on any atom is 0.250 e. The predicted molar refractivity (Wildman–Crippen MR) is 78.6 cm³/mol. The summed E-state index contributed by atoms with van der Waals surface area (Å²) in [6, 6.07) is 6.63. The van der Waals surface area contributed by atoms with Crippen LogP contribution in [0.1, 0.15) is 30.1 Å². The molecule has 0 aliphatic carbocycles. The molecule has 1 aromatic carbocycles. The molecule has 1 aliphatic rings. The molecule has 6 nitrogen and oxygen atoms in total. The minimum absolute atomic E-state index is 0.0231. The number of likely N-dealkylation sites (tertiary alicyclic amines) is 1. The summed E-state index contributed by atoms with van der Waals surface area (Å²) in [5, 5.41) is 2.74. The van der Waals surface area contributed by atoms with Gasteiger partial charge in [0.25, 0.3) is 5.91 Å². The molecule has 1 unspecified atom stereocenters. The number of nitrogens with two attached hydrogens (primary N) is 1. The van der Waals surface area contributed by atoms with E-state index in [1.165, 1.54) is 6.92 Å². The fourth-order valence-electron chi connectivity index (χ4n) is 2.52. The number of rotatable bonds is 3. The first-order chi connectivity index (χ1) is 9.99. The van der Waals surface area contributed by atoms with Crippen LogP contribution >= 0.6 is 0 Å². The van der Waals surface area contributed by atoms with E-state index in [9.17, 15) is 14.4 Å². The summed E-state index contributed by atoms with van der Waals surface area (Å²) in [4.78, 5) is 36.7. The molecule has 1 aromatic rings. The molecule has 112 valence electrons. The molecule has 2 rings (SSSR count). The molecule has 1 aliphatic heterocycles. The summed E-state index contributed by atoms with van der Waals surface area (Å²) in [5.41, 5.74) is 5.98. The van der Waals surface area contributed by atoms with Crippen LogP contribution in [0.2, 0.25) is 0 Å². The number of para-hydroxylation sites is 1. The van der Waals surface area contributed by atoms with E-state index < -0.39 is 5.91 Å². The summed E-state index contributed by atoms with van der Waals surface area (Å²) < 4.78 is 0. The van der Waals surface area contributed by atoms with Crippen LogP contribution in [-0.4, -0.2) is 35.7 Å². The number of primary amides is 1. The van der Waals surface area contributed by atoms with Gasteiger partial charge in [-0.15, -0.1) is 0 Å². The van der Waals surface area contributed by atoms with Crippen LogP contribution in [0, 0.1) is 5.92 Å². The van der Waals surface area contributed by atoms with Gasteiger partial charge in [0.05, 0.1) is 17.2 Å². The van der Waals surface area contributed by atoms with E-state index in [1.54, 1.807) is 29.2 Å². The summed E-state index contributed by atoms with van der Waals surface area (Å²) in [6.07, 6.45) is 1.53. The van der Waals surface area contributed by atoms with E-state index in [1.807, 2.05) is 0 Å². The van der Waals surface area contributed by atoms with E-state index >= 15 is 0 Å². The molecule has 1 saturated heterocycles. The molecule has 3 N–H and O–H groups in total. The van der Waals surface area contributed by atoms with Crippen molar-refractivity contribution < 1.29 is 14.4 Å². The molecule has 3 amide bonds. The molecule has 0 spiro atoms. The highest BCUT2D eigenvalue weighted by Gasteiger charge is 2.27. The first kappa shape index (κ1) is 15.0. The van der Waals surface area contributed by atoms with Crippen molar-refractivity contribution in [3.63, 3.8) is 0 Å². The molecule has 1 fully saturated rings. The normalized spacial score (nSPS) is 18.1. The Labute approximate surface area is 123 Å². The van der Waals surface area contributed by atoms with E-state index in [-0.39, 0.29) is 23.3 Å². The third-order valence-electron chi connectivity index (χ3n) is 3.69. The van der Waals surface area contributed by atoms with Crippen molar-refractivity contribution >= 4 is 23.4 Å². The number of piperidine rings is 1. The number of nitrogens with one attached hydrogen (secondary N) is 1. The minimum Gasteiger partial charge on any atom is -0.366 e. The first-order valence-electron chi connectivity index (χ1n) is 6.94. The van der Waals surface area contributed by atoms with Gasteiger partial charge in [-0.3, -0.25) is 14.4 Å². The highest BCUT2D eigenvalue weighted by molar-refractivity contribution is 6.03. The van der Waals surface area contributed by atoms with Crippen LogP contribution in [0.15, 0.2) is 24.3 Å². The largest absolute Gasteiger partial charge is 0.366 e. The Morgan fingerprint density at radius 3 is 2.67 bits per heavy atom. The van der Waals surface area contributed by atoms with Crippen molar-refractivity contribution in [2.24, 2.45) is 11.7 Å². The lowest BCUT2D eigenvalue weighted by Gasteiger charge is -2.31. The molecule has 21 heavy (non-hydrogen) atoms. The smallest absolute Gasteiger partial charge is 0.250 e. The van der Waals surface area contributed by atoms with Crippen molar-refractivity contribution in [2.45, 2.75) is 19.8 Å². The van der Waals surface area contributed by atoms with E-state index in [0.29, 0.717) is 18.8 Å². The van der Waals surface area contributed by atoms with Gasteiger partial charge in [0, 0.05) is 20.0 Å². The van der Waals surface area contributed by atoms with Crippen LogP contribution in [0.25, 0.3) is 0 Å². The Kier molecular flexibility index (Phi) is 4.57.